The minimum atomic E-state index is 0.535. The summed E-state index contributed by atoms with van der Waals surface area (Å²) in [6, 6.07) is 13.9. The van der Waals surface area contributed by atoms with Crippen LogP contribution in [0.2, 0.25) is 0 Å². The number of nitrogens with two attached hydrogens (primary N) is 1. The van der Waals surface area contributed by atoms with E-state index >= 15 is 0 Å². The number of pyridine rings is 1. The van der Waals surface area contributed by atoms with E-state index in [2.05, 4.69) is 29.4 Å². The van der Waals surface area contributed by atoms with Crippen LogP contribution in [0.1, 0.15) is 5.56 Å². The van der Waals surface area contributed by atoms with E-state index in [1.165, 1.54) is 5.56 Å². The molecule has 0 aliphatic heterocycles. The van der Waals surface area contributed by atoms with Crippen LogP contribution in [0, 0.1) is 6.92 Å². The molecule has 5 nitrogen and oxygen atoms in total. The summed E-state index contributed by atoms with van der Waals surface area (Å²) in [6.07, 6.45) is 1.69. The maximum Gasteiger partial charge on any atom is 0.138 e. The number of hydrogen-bond donors (Lipinski definition) is 2. The van der Waals surface area contributed by atoms with Crippen LogP contribution < -0.4 is 15.8 Å². The van der Waals surface area contributed by atoms with Crippen molar-refractivity contribution in [1.29, 1.82) is 0 Å². The summed E-state index contributed by atoms with van der Waals surface area (Å²) in [7, 11) is 1.65. The van der Waals surface area contributed by atoms with Crippen LogP contribution in [0.4, 0.5) is 17.2 Å². The molecule has 0 saturated carbocycles. The van der Waals surface area contributed by atoms with E-state index in [-0.39, 0.29) is 0 Å². The summed E-state index contributed by atoms with van der Waals surface area (Å²) < 4.78 is 10.5. The Balaban J connectivity index is 1.81. The SMILES string of the molecule is COCCOc1ccc(Nc2ncc(N)c3cc(C)ccc23)cc1. The highest BCUT2D eigenvalue weighted by Gasteiger charge is 2.06. The Morgan fingerprint density at radius 1 is 1.04 bits per heavy atom. The maximum absolute atomic E-state index is 6.05. The van der Waals surface area contributed by atoms with Crippen molar-refractivity contribution in [3.63, 3.8) is 0 Å². The fraction of sp³-hybridized carbons (Fsp3) is 0.211. The van der Waals surface area contributed by atoms with Gasteiger partial charge in [-0.1, -0.05) is 17.7 Å². The Morgan fingerprint density at radius 3 is 2.58 bits per heavy atom. The molecule has 0 unspecified atom stereocenters. The van der Waals surface area contributed by atoms with Crippen molar-refractivity contribution < 1.29 is 9.47 Å². The third-order valence-corrected chi connectivity index (χ3v) is 3.75. The van der Waals surface area contributed by atoms with Crippen molar-refractivity contribution in [3.8, 4) is 5.75 Å². The van der Waals surface area contributed by atoms with Crippen LogP contribution in [-0.4, -0.2) is 25.3 Å². The van der Waals surface area contributed by atoms with Crippen molar-refractivity contribution in [2.45, 2.75) is 6.92 Å². The fourth-order valence-corrected chi connectivity index (χ4v) is 2.49. The van der Waals surface area contributed by atoms with Gasteiger partial charge >= 0.3 is 0 Å². The van der Waals surface area contributed by atoms with Crippen LogP contribution >= 0.6 is 0 Å². The smallest absolute Gasteiger partial charge is 0.138 e. The number of nitrogens with one attached hydrogen (secondary N) is 1. The molecule has 0 fully saturated rings. The lowest BCUT2D eigenvalue weighted by atomic mass is 10.1. The van der Waals surface area contributed by atoms with Crippen molar-refractivity contribution >= 4 is 28.0 Å². The van der Waals surface area contributed by atoms with Gasteiger partial charge in [-0.2, -0.15) is 0 Å². The number of ether oxygens (including phenoxy) is 2. The second kappa shape index (κ2) is 7.19. The Labute approximate surface area is 141 Å². The molecule has 3 rings (SSSR count). The fourth-order valence-electron chi connectivity index (χ4n) is 2.49. The van der Waals surface area contributed by atoms with Gasteiger partial charge in [0.05, 0.1) is 18.5 Å². The van der Waals surface area contributed by atoms with Crippen molar-refractivity contribution in [3.05, 3.63) is 54.2 Å². The third kappa shape index (κ3) is 3.58. The lowest BCUT2D eigenvalue weighted by Crippen LogP contribution is -2.04. The molecule has 2 aromatic carbocycles. The predicted octanol–water partition coefficient (Wildman–Crippen LogP) is 3.89. The largest absolute Gasteiger partial charge is 0.491 e. The summed E-state index contributed by atoms with van der Waals surface area (Å²) in [5.74, 6) is 1.59. The summed E-state index contributed by atoms with van der Waals surface area (Å²) in [6.45, 7) is 3.16. The number of rotatable bonds is 6. The Morgan fingerprint density at radius 2 is 1.83 bits per heavy atom. The number of anilines is 3. The molecule has 5 heteroatoms. The highest BCUT2D eigenvalue weighted by Crippen LogP contribution is 2.29. The summed E-state index contributed by atoms with van der Waals surface area (Å²) in [4.78, 5) is 4.43. The number of methoxy groups -OCH3 is 1. The number of nitrogens with zero attached hydrogens (tertiary/aromatic N) is 1. The monoisotopic (exact) mass is 323 g/mol. The third-order valence-electron chi connectivity index (χ3n) is 3.75. The second-order valence-corrected chi connectivity index (χ2v) is 5.60. The summed E-state index contributed by atoms with van der Waals surface area (Å²) in [5.41, 5.74) is 8.84. The molecule has 0 atom stereocenters. The molecule has 0 radical (unpaired) electrons. The molecule has 1 aromatic heterocycles. The highest BCUT2D eigenvalue weighted by atomic mass is 16.5. The minimum Gasteiger partial charge on any atom is -0.491 e. The van der Waals surface area contributed by atoms with Gasteiger partial charge in [0.2, 0.25) is 0 Å². The molecule has 1 heterocycles. The first kappa shape index (κ1) is 16.1. The van der Waals surface area contributed by atoms with E-state index in [4.69, 9.17) is 15.2 Å². The Hall–Kier alpha value is -2.79. The lowest BCUT2D eigenvalue weighted by Gasteiger charge is -2.12. The van der Waals surface area contributed by atoms with Gasteiger partial charge in [0.1, 0.15) is 18.2 Å². The number of aryl methyl sites for hydroxylation is 1. The molecule has 3 N–H and O–H groups in total. The molecule has 0 spiro atoms. The Kier molecular flexibility index (Phi) is 4.82. The number of fused-ring (bicyclic) bond motifs is 1. The van der Waals surface area contributed by atoms with Crippen molar-refractivity contribution in [2.75, 3.05) is 31.4 Å². The van der Waals surface area contributed by atoms with E-state index in [9.17, 15) is 0 Å². The first-order valence-electron chi connectivity index (χ1n) is 7.81. The molecule has 0 saturated heterocycles. The van der Waals surface area contributed by atoms with Gasteiger partial charge in [-0.15, -0.1) is 0 Å². The first-order valence-corrected chi connectivity index (χ1v) is 7.81. The van der Waals surface area contributed by atoms with Crippen LogP contribution in [-0.2, 0) is 4.74 Å². The lowest BCUT2D eigenvalue weighted by molar-refractivity contribution is 0.146. The predicted molar refractivity (Wildman–Crippen MR) is 98.0 cm³/mol. The molecule has 124 valence electrons. The van der Waals surface area contributed by atoms with Gasteiger partial charge in [-0.25, -0.2) is 4.98 Å². The normalized spacial score (nSPS) is 10.8. The maximum atomic E-state index is 6.05. The molecular weight excluding hydrogens is 302 g/mol. The molecule has 0 amide bonds. The van der Waals surface area contributed by atoms with Crippen molar-refractivity contribution in [2.24, 2.45) is 0 Å². The number of nitrogen functional groups attached to an aromatic ring is 1. The quantitative estimate of drug-likeness (QED) is 0.673. The highest BCUT2D eigenvalue weighted by molar-refractivity contribution is 6.00. The zero-order chi connectivity index (χ0) is 16.9. The zero-order valence-electron chi connectivity index (χ0n) is 13.9. The Bertz CT molecular complexity index is 832. The minimum absolute atomic E-state index is 0.535. The van der Waals surface area contributed by atoms with Gasteiger partial charge in [-0.3, -0.25) is 0 Å². The molecular formula is C19H21N3O2. The summed E-state index contributed by atoms with van der Waals surface area (Å²) in [5, 5.41) is 5.35. The molecule has 0 aliphatic rings. The van der Waals surface area contributed by atoms with Crippen LogP contribution in [0.15, 0.2) is 48.7 Å². The number of hydrogen-bond acceptors (Lipinski definition) is 5. The van der Waals surface area contributed by atoms with Crippen molar-refractivity contribution in [1.82, 2.24) is 4.98 Å². The second-order valence-electron chi connectivity index (χ2n) is 5.60. The van der Waals surface area contributed by atoms with E-state index in [1.54, 1.807) is 13.3 Å². The van der Waals surface area contributed by atoms with Gasteiger partial charge in [0.15, 0.2) is 0 Å². The van der Waals surface area contributed by atoms with Gasteiger partial charge < -0.3 is 20.5 Å². The number of aromatic nitrogens is 1. The molecule has 0 bridgehead atoms. The van der Waals surface area contributed by atoms with Crippen LogP contribution in [0.3, 0.4) is 0 Å². The van der Waals surface area contributed by atoms with E-state index in [0.29, 0.717) is 18.9 Å². The average Bonchev–Trinajstić information content (AvgIpc) is 2.59. The van der Waals surface area contributed by atoms with E-state index in [1.807, 2.05) is 30.3 Å². The van der Waals surface area contributed by atoms with E-state index in [0.717, 1.165) is 28.0 Å². The van der Waals surface area contributed by atoms with Gasteiger partial charge in [0, 0.05) is 23.6 Å². The van der Waals surface area contributed by atoms with Crippen LogP contribution in [0.25, 0.3) is 10.8 Å². The van der Waals surface area contributed by atoms with Crippen LogP contribution in [0.5, 0.6) is 5.75 Å². The zero-order valence-corrected chi connectivity index (χ0v) is 13.9. The molecule has 24 heavy (non-hydrogen) atoms. The molecule has 0 aliphatic carbocycles. The standard InChI is InChI=1S/C19H21N3O2/c1-13-3-8-16-17(11-13)18(20)12-21-19(16)22-14-4-6-15(7-5-14)24-10-9-23-2/h3-8,11-12H,9-10,20H2,1-2H3,(H,21,22). The summed E-state index contributed by atoms with van der Waals surface area (Å²) >= 11 is 0. The van der Waals surface area contributed by atoms with Gasteiger partial charge in [-0.05, 0) is 37.3 Å². The van der Waals surface area contributed by atoms with Gasteiger partial charge in [0.25, 0.3) is 0 Å². The topological polar surface area (TPSA) is 69.4 Å². The average molecular weight is 323 g/mol. The van der Waals surface area contributed by atoms with E-state index < -0.39 is 0 Å². The number of benzene rings is 2. The first-order chi connectivity index (χ1) is 11.7. The molecule has 3 aromatic rings.